The van der Waals surface area contributed by atoms with Gasteiger partial charge in [-0.25, -0.2) is 4.99 Å². The SMILES string of the molecule is C1=NC(C2CO2)CO1. The van der Waals surface area contributed by atoms with Crippen LogP contribution in [-0.4, -0.2) is 31.8 Å². The quantitative estimate of drug-likeness (QED) is 0.442. The first-order chi connectivity index (χ1) is 3.97. The Morgan fingerprint density at radius 1 is 1.50 bits per heavy atom. The van der Waals surface area contributed by atoms with E-state index in [0.717, 1.165) is 6.61 Å². The molecule has 0 N–H and O–H groups in total. The molecule has 44 valence electrons. The van der Waals surface area contributed by atoms with Crippen molar-refractivity contribution in [2.45, 2.75) is 12.1 Å². The maximum Gasteiger partial charge on any atom is 0.170 e. The van der Waals surface area contributed by atoms with Crippen molar-refractivity contribution in [3.05, 3.63) is 0 Å². The predicted octanol–water partition coefficient (Wildman–Crippen LogP) is -0.188. The molecule has 0 aromatic heterocycles. The van der Waals surface area contributed by atoms with Gasteiger partial charge in [0.1, 0.15) is 18.8 Å². The van der Waals surface area contributed by atoms with Gasteiger partial charge in [-0.2, -0.15) is 0 Å². The van der Waals surface area contributed by atoms with Crippen molar-refractivity contribution in [2.24, 2.45) is 4.99 Å². The molecule has 1 saturated heterocycles. The first-order valence-electron chi connectivity index (χ1n) is 2.71. The van der Waals surface area contributed by atoms with Gasteiger partial charge in [0.15, 0.2) is 6.40 Å². The number of aliphatic imine (C=N–C) groups is 1. The molecule has 0 aliphatic carbocycles. The van der Waals surface area contributed by atoms with Crippen LogP contribution >= 0.6 is 0 Å². The second-order valence-corrected chi connectivity index (χ2v) is 2.03. The maximum absolute atomic E-state index is 5.00. The van der Waals surface area contributed by atoms with E-state index in [-0.39, 0.29) is 0 Å². The highest BCUT2D eigenvalue weighted by molar-refractivity contribution is 5.49. The van der Waals surface area contributed by atoms with Crippen LogP contribution in [0.4, 0.5) is 0 Å². The Balaban J connectivity index is 1.95. The molecule has 0 radical (unpaired) electrons. The standard InChI is InChI=1S/C5H7NO2/c1-4(5-2-8-5)6-3-7-1/h3-5H,1-2H2. The van der Waals surface area contributed by atoms with E-state index < -0.39 is 0 Å². The summed E-state index contributed by atoms with van der Waals surface area (Å²) < 4.78 is 9.89. The van der Waals surface area contributed by atoms with Crippen LogP contribution in [0.15, 0.2) is 4.99 Å². The zero-order valence-corrected chi connectivity index (χ0v) is 4.41. The van der Waals surface area contributed by atoms with Crippen LogP contribution in [0.2, 0.25) is 0 Å². The minimum absolute atomic E-state index is 0.301. The number of hydrogen-bond donors (Lipinski definition) is 0. The highest BCUT2D eigenvalue weighted by Gasteiger charge is 2.34. The summed E-state index contributed by atoms with van der Waals surface area (Å²) in [6.45, 7) is 1.58. The Bertz CT molecular complexity index is 120. The Morgan fingerprint density at radius 3 is 2.88 bits per heavy atom. The Labute approximate surface area is 47.3 Å². The summed E-state index contributed by atoms with van der Waals surface area (Å²) in [5, 5.41) is 0. The lowest BCUT2D eigenvalue weighted by atomic mass is 10.2. The monoisotopic (exact) mass is 113 g/mol. The van der Waals surface area contributed by atoms with E-state index in [1.807, 2.05) is 0 Å². The molecule has 0 bridgehead atoms. The lowest BCUT2D eigenvalue weighted by molar-refractivity contribution is 0.290. The molecule has 3 heteroatoms. The number of nitrogens with zero attached hydrogens (tertiary/aromatic N) is 1. The second kappa shape index (κ2) is 1.45. The maximum atomic E-state index is 5.00. The van der Waals surface area contributed by atoms with Crippen molar-refractivity contribution in [1.82, 2.24) is 0 Å². The molecule has 0 spiro atoms. The van der Waals surface area contributed by atoms with Gasteiger partial charge < -0.3 is 9.47 Å². The third-order valence-electron chi connectivity index (χ3n) is 1.38. The van der Waals surface area contributed by atoms with Crippen molar-refractivity contribution in [1.29, 1.82) is 0 Å². The van der Waals surface area contributed by atoms with Gasteiger partial charge >= 0.3 is 0 Å². The zero-order valence-electron chi connectivity index (χ0n) is 4.41. The molecule has 3 nitrogen and oxygen atoms in total. The van der Waals surface area contributed by atoms with Crippen molar-refractivity contribution in [2.75, 3.05) is 13.2 Å². The smallest absolute Gasteiger partial charge is 0.170 e. The molecule has 0 aromatic rings. The van der Waals surface area contributed by atoms with Crippen LogP contribution in [0.1, 0.15) is 0 Å². The molecule has 2 unspecified atom stereocenters. The van der Waals surface area contributed by atoms with E-state index in [2.05, 4.69) is 4.99 Å². The van der Waals surface area contributed by atoms with Gasteiger partial charge in [0.2, 0.25) is 0 Å². The van der Waals surface area contributed by atoms with Crippen LogP contribution in [0.5, 0.6) is 0 Å². The minimum Gasteiger partial charge on any atom is -0.481 e. The molecular formula is C5H7NO2. The molecule has 2 heterocycles. The van der Waals surface area contributed by atoms with Crippen molar-refractivity contribution in [3.8, 4) is 0 Å². The van der Waals surface area contributed by atoms with Crippen LogP contribution in [0.25, 0.3) is 0 Å². The average molecular weight is 113 g/mol. The lowest BCUT2D eigenvalue weighted by Crippen LogP contribution is -2.13. The topological polar surface area (TPSA) is 34.1 Å². The van der Waals surface area contributed by atoms with Gasteiger partial charge in [-0.05, 0) is 0 Å². The van der Waals surface area contributed by atoms with Crippen LogP contribution in [0, 0.1) is 0 Å². The van der Waals surface area contributed by atoms with E-state index in [1.54, 1.807) is 0 Å². The molecule has 2 aliphatic heterocycles. The summed E-state index contributed by atoms with van der Waals surface area (Å²) in [5.74, 6) is 0. The molecule has 2 aliphatic rings. The third-order valence-corrected chi connectivity index (χ3v) is 1.38. The van der Waals surface area contributed by atoms with Gasteiger partial charge in [-0.15, -0.1) is 0 Å². The van der Waals surface area contributed by atoms with Crippen LogP contribution in [-0.2, 0) is 9.47 Å². The molecule has 0 aromatic carbocycles. The summed E-state index contributed by atoms with van der Waals surface area (Å²) in [6.07, 6.45) is 1.88. The highest BCUT2D eigenvalue weighted by atomic mass is 16.6. The van der Waals surface area contributed by atoms with E-state index in [1.165, 1.54) is 6.40 Å². The van der Waals surface area contributed by atoms with Crippen LogP contribution in [0.3, 0.4) is 0 Å². The highest BCUT2D eigenvalue weighted by Crippen LogP contribution is 2.18. The summed E-state index contributed by atoms with van der Waals surface area (Å²) >= 11 is 0. The van der Waals surface area contributed by atoms with Gasteiger partial charge in [0.25, 0.3) is 0 Å². The largest absolute Gasteiger partial charge is 0.481 e. The number of epoxide rings is 1. The molecule has 8 heavy (non-hydrogen) atoms. The summed E-state index contributed by atoms with van der Waals surface area (Å²) in [6, 6.07) is 0.301. The first kappa shape index (κ1) is 4.32. The minimum atomic E-state index is 0.301. The fraction of sp³-hybridized carbons (Fsp3) is 0.800. The molecule has 0 amide bonds. The molecule has 2 atom stereocenters. The van der Waals surface area contributed by atoms with Crippen molar-refractivity contribution < 1.29 is 9.47 Å². The number of rotatable bonds is 1. The first-order valence-corrected chi connectivity index (χ1v) is 2.71. The van der Waals surface area contributed by atoms with E-state index in [4.69, 9.17) is 9.47 Å². The lowest BCUT2D eigenvalue weighted by Gasteiger charge is -1.95. The summed E-state index contributed by atoms with van der Waals surface area (Å²) in [4.78, 5) is 4.03. The molecular weight excluding hydrogens is 106 g/mol. The predicted molar refractivity (Wildman–Crippen MR) is 28.0 cm³/mol. The normalized spacial score (nSPS) is 42.0. The number of ether oxygens (including phenoxy) is 2. The Kier molecular flexibility index (Phi) is 0.784. The van der Waals surface area contributed by atoms with E-state index >= 15 is 0 Å². The van der Waals surface area contributed by atoms with Gasteiger partial charge in [-0.1, -0.05) is 0 Å². The Hall–Kier alpha value is -0.570. The molecule has 0 saturated carbocycles. The van der Waals surface area contributed by atoms with E-state index in [9.17, 15) is 0 Å². The van der Waals surface area contributed by atoms with Crippen LogP contribution < -0.4 is 0 Å². The second-order valence-electron chi connectivity index (χ2n) is 2.03. The average Bonchev–Trinajstić information content (AvgIpc) is 2.49. The third kappa shape index (κ3) is 0.591. The Morgan fingerprint density at radius 2 is 2.38 bits per heavy atom. The summed E-state index contributed by atoms with van der Waals surface area (Å²) in [7, 11) is 0. The van der Waals surface area contributed by atoms with Crippen molar-refractivity contribution in [3.63, 3.8) is 0 Å². The fourth-order valence-corrected chi connectivity index (χ4v) is 0.787. The fourth-order valence-electron chi connectivity index (χ4n) is 0.787. The van der Waals surface area contributed by atoms with Gasteiger partial charge in [-0.3, -0.25) is 0 Å². The molecule has 1 fully saturated rings. The molecule has 2 rings (SSSR count). The zero-order chi connectivity index (χ0) is 5.40. The van der Waals surface area contributed by atoms with E-state index in [0.29, 0.717) is 18.8 Å². The van der Waals surface area contributed by atoms with Gasteiger partial charge in [0.05, 0.1) is 6.61 Å². The number of hydrogen-bond acceptors (Lipinski definition) is 3. The summed E-state index contributed by atoms with van der Waals surface area (Å²) in [5.41, 5.74) is 0. The van der Waals surface area contributed by atoms with Crippen molar-refractivity contribution >= 4 is 6.40 Å². The van der Waals surface area contributed by atoms with Gasteiger partial charge in [0, 0.05) is 0 Å².